The molecule has 0 radical (unpaired) electrons. The van der Waals surface area contributed by atoms with E-state index in [4.69, 9.17) is 0 Å². The molecule has 0 spiro atoms. The van der Waals surface area contributed by atoms with Crippen molar-refractivity contribution in [2.75, 3.05) is 5.32 Å². The zero-order valence-electron chi connectivity index (χ0n) is 12.8. The van der Waals surface area contributed by atoms with Crippen LogP contribution in [-0.2, 0) is 0 Å². The largest absolute Gasteiger partial charge is 0.382 e. The van der Waals surface area contributed by atoms with Crippen molar-refractivity contribution in [3.05, 3.63) is 29.6 Å². The first-order valence-corrected chi connectivity index (χ1v) is 7.19. The maximum absolute atomic E-state index is 13.4. The Labute approximate surface area is 116 Å². The molecule has 0 amide bonds. The van der Waals surface area contributed by atoms with Crippen molar-refractivity contribution < 1.29 is 4.39 Å². The monoisotopic (exact) mass is 263 g/mol. The Hall–Kier alpha value is -1.05. The Balaban J connectivity index is 2.14. The van der Waals surface area contributed by atoms with Gasteiger partial charge in [0.05, 0.1) is 0 Å². The highest BCUT2D eigenvalue weighted by molar-refractivity contribution is 5.47. The number of hydrogen-bond donors (Lipinski definition) is 1. The van der Waals surface area contributed by atoms with Crippen molar-refractivity contribution in [2.45, 2.75) is 59.9 Å². The highest BCUT2D eigenvalue weighted by Crippen LogP contribution is 2.46. The minimum atomic E-state index is -0.156. The highest BCUT2D eigenvalue weighted by atomic mass is 19.1. The van der Waals surface area contributed by atoms with Crippen molar-refractivity contribution in [3.63, 3.8) is 0 Å². The zero-order chi connectivity index (χ0) is 14.3. The number of aryl methyl sites for hydroxylation is 1. The van der Waals surface area contributed by atoms with E-state index < -0.39 is 0 Å². The van der Waals surface area contributed by atoms with E-state index in [0.29, 0.717) is 16.9 Å². The smallest absolute Gasteiger partial charge is 0.125 e. The fourth-order valence-electron chi connectivity index (χ4n) is 4.00. The lowest BCUT2D eigenvalue weighted by Gasteiger charge is -2.45. The molecular weight excluding hydrogens is 237 g/mol. The Morgan fingerprint density at radius 3 is 2.16 bits per heavy atom. The Morgan fingerprint density at radius 1 is 1.05 bits per heavy atom. The molecule has 0 heterocycles. The first-order chi connectivity index (χ1) is 8.65. The maximum Gasteiger partial charge on any atom is 0.125 e. The summed E-state index contributed by atoms with van der Waals surface area (Å²) in [6, 6.07) is 5.62. The fourth-order valence-corrected chi connectivity index (χ4v) is 4.00. The third-order valence-corrected chi connectivity index (χ3v) is 3.97. The topological polar surface area (TPSA) is 12.0 Å². The minimum absolute atomic E-state index is 0.156. The van der Waals surface area contributed by atoms with Crippen LogP contribution in [0.25, 0.3) is 0 Å². The van der Waals surface area contributed by atoms with Gasteiger partial charge in [-0.3, -0.25) is 0 Å². The molecule has 1 aliphatic rings. The Kier molecular flexibility index (Phi) is 3.63. The van der Waals surface area contributed by atoms with Crippen LogP contribution in [0.3, 0.4) is 0 Å². The van der Waals surface area contributed by atoms with Crippen LogP contribution in [0.2, 0.25) is 0 Å². The second kappa shape index (κ2) is 4.81. The van der Waals surface area contributed by atoms with Gasteiger partial charge in [-0.2, -0.15) is 0 Å². The van der Waals surface area contributed by atoms with Gasteiger partial charge in [-0.1, -0.05) is 27.7 Å². The molecular formula is C17H26FN. The molecule has 2 rings (SSSR count). The molecule has 0 aromatic heterocycles. The van der Waals surface area contributed by atoms with Crippen LogP contribution in [0.4, 0.5) is 10.1 Å². The van der Waals surface area contributed by atoms with Gasteiger partial charge in [0.15, 0.2) is 0 Å². The number of benzene rings is 1. The molecule has 2 heteroatoms. The summed E-state index contributed by atoms with van der Waals surface area (Å²) in [5.74, 6) is -0.156. The van der Waals surface area contributed by atoms with Gasteiger partial charge in [-0.15, -0.1) is 0 Å². The molecule has 1 aliphatic carbocycles. The van der Waals surface area contributed by atoms with Gasteiger partial charge < -0.3 is 5.32 Å². The summed E-state index contributed by atoms with van der Waals surface area (Å²) < 4.78 is 13.4. The average Bonchev–Trinajstić information content (AvgIpc) is 2.08. The number of anilines is 1. The van der Waals surface area contributed by atoms with Crippen LogP contribution in [-0.4, -0.2) is 6.04 Å². The van der Waals surface area contributed by atoms with E-state index >= 15 is 0 Å². The van der Waals surface area contributed by atoms with Crippen LogP contribution in [0.1, 0.15) is 52.5 Å². The average molecular weight is 263 g/mol. The van der Waals surface area contributed by atoms with E-state index in [9.17, 15) is 4.39 Å². The molecule has 0 bridgehead atoms. The molecule has 1 aromatic rings. The summed E-state index contributed by atoms with van der Waals surface area (Å²) in [7, 11) is 0. The lowest BCUT2D eigenvalue weighted by atomic mass is 9.63. The van der Waals surface area contributed by atoms with Gasteiger partial charge in [0.25, 0.3) is 0 Å². The van der Waals surface area contributed by atoms with Crippen molar-refractivity contribution in [1.82, 2.24) is 0 Å². The summed E-state index contributed by atoms with van der Waals surface area (Å²) >= 11 is 0. The Bertz CT molecular complexity index is 426. The SMILES string of the molecule is Cc1cc(F)cc(NC2CC(C)(C)CC(C)(C)C2)c1. The normalized spacial score (nSPS) is 22.2. The molecule has 19 heavy (non-hydrogen) atoms. The van der Waals surface area contributed by atoms with Gasteiger partial charge in [0.1, 0.15) is 5.82 Å². The van der Waals surface area contributed by atoms with Gasteiger partial charge in [0, 0.05) is 11.7 Å². The van der Waals surface area contributed by atoms with Crippen LogP contribution < -0.4 is 5.32 Å². The van der Waals surface area contributed by atoms with E-state index in [-0.39, 0.29) is 5.82 Å². The maximum atomic E-state index is 13.4. The van der Waals surface area contributed by atoms with Crippen molar-refractivity contribution in [1.29, 1.82) is 0 Å². The van der Waals surface area contributed by atoms with Gasteiger partial charge in [0.2, 0.25) is 0 Å². The quantitative estimate of drug-likeness (QED) is 0.778. The molecule has 0 atom stereocenters. The molecule has 0 aliphatic heterocycles. The lowest BCUT2D eigenvalue weighted by Crippen LogP contribution is -2.40. The summed E-state index contributed by atoms with van der Waals surface area (Å²) in [6.07, 6.45) is 3.54. The standard InChI is InChI=1S/C17H26FN/c1-12-6-13(18)8-14(7-12)19-15-9-16(2,3)11-17(4,5)10-15/h6-8,15,19H,9-11H2,1-5H3. The second-order valence-corrected chi connectivity index (χ2v) is 7.77. The van der Waals surface area contributed by atoms with Crippen molar-refractivity contribution >= 4 is 5.69 Å². The van der Waals surface area contributed by atoms with Crippen LogP contribution in [0.15, 0.2) is 18.2 Å². The third kappa shape index (κ3) is 3.95. The molecule has 1 fully saturated rings. The van der Waals surface area contributed by atoms with Crippen LogP contribution >= 0.6 is 0 Å². The van der Waals surface area contributed by atoms with E-state index in [1.54, 1.807) is 12.1 Å². The van der Waals surface area contributed by atoms with Crippen molar-refractivity contribution in [2.24, 2.45) is 10.8 Å². The minimum Gasteiger partial charge on any atom is -0.382 e. The van der Waals surface area contributed by atoms with E-state index in [0.717, 1.165) is 24.1 Å². The molecule has 106 valence electrons. The van der Waals surface area contributed by atoms with Gasteiger partial charge in [-0.05, 0) is 60.8 Å². The molecule has 0 unspecified atom stereocenters. The lowest BCUT2D eigenvalue weighted by molar-refractivity contribution is 0.105. The van der Waals surface area contributed by atoms with Crippen LogP contribution in [0.5, 0.6) is 0 Å². The first-order valence-electron chi connectivity index (χ1n) is 7.19. The summed E-state index contributed by atoms with van der Waals surface area (Å²) in [5, 5.41) is 3.53. The first kappa shape index (κ1) is 14.4. The Morgan fingerprint density at radius 2 is 1.63 bits per heavy atom. The summed E-state index contributed by atoms with van der Waals surface area (Å²) in [5.41, 5.74) is 2.58. The third-order valence-electron chi connectivity index (χ3n) is 3.97. The van der Waals surface area contributed by atoms with Gasteiger partial charge in [-0.25, -0.2) is 4.39 Å². The molecule has 1 nitrogen and oxygen atoms in total. The molecule has 1 aromatic carbocycles. The fraction of sp³-hybridized carbons (Fsp3) is 0.647. The van der Waals surface area contributed by atoms with E-state index in [1.807, 2.05) is 13.0 Å². The number of hydrogen-bond acceptors (Lipinski definition) is 1. The van der Waals surface area contributed by atoms with Crippen LogP contribution in [0, 0.1) is 23.6 Å². The number of halogens is 1. The predicted molar refractivity (Wildman–Crippen MR) is 80.0 cm³/mol. The molecule has 1 N–H and O–H groups in total. The highest BCUT2D eigenvalue weighted by Gasteiger charge is 2.38. The second-order valence-electron chi connectivity index (χ2n) is 7.77. The van der Waals surface area contributed by atoms with Crippen molar-refractivity contribution in [3.8, 4) is 0 Å². The summed E-state index contributed by atoms with van der Waals surface area (Å²) in [4.78, 5) is 0. The summed E-state index contributed by atoms with van der Waals surface area (Å²) in [6.45, 7) is 11.3. The predicted octanol–water partition coefficient (Wildman–Crippen LogP) is 5.15. The van der Waals surface area contributed by atoms with Gasteiger partial charge >= 0.3 is 0 Å². The number of rotatable bonds is 2. The number of nitrogens with one attached hydrogen (secondary N) is 1. The molecule has 0 saturated heterocycles. The van der Waals surface area contributed by atoms with E-state index in [1.165, 1.54) is 6.42 Å². The molecule has 1 saturated carbocycles. The van der Waals surface area contributed by atoms with E-state index in [2.05, 4.69) is 33.0 Å². The zero-order valence-corrected chi connectivity index (χ0v) is 12.8.